The van der Waals surface area contributed by atoms with Crippen molar-refractivity contribution >= 4 is 12.4 Å². The fourth-order valence-corrected chi connectivity index (χ4v) is 2.91. The molecule has 0 spiro atoms. The molecule has 2 aromatic rings. The number of para-hydroxylation sites is 1. The zero-order valence-electron chi connectivity index (χ0n) is 13.7. The zero-order chi connectivity index (χ0) is 17.9. The molecule has 0 saturated carbocycles. The zero-order valence-corrected chi connectivity index (χ0v) is 14.5. The van der Waals surface area contributed by atoms with Crippen molar-refractivity contribution in [2.75, 3.05) is 26.2 Å². The van der Waals surface area contributed by atoms with Crippen LogP contribution >= 0.6 is 12.4 Å². The maximum Gasteiger partial charge on any atom is 0.461 e. The van der Waals surface area contributed by atoms with Crippen LogP contribution in [0.5, 0.6) is 5.75 Å². The van der Waals surface area contributed by atoms with Gasteiger partial charge in [-0.3, -0.25) is 4.90 Å². The Labute approximate surface area is 154 Å². The van der Waals surface area contributed by atoms with Crippen LogP contribution in [0.25, 0.3) is 0 Å². The van der Waals surface area contributed by atoms with Gasteiger partial charge in [0.15, 0.2) is 0 Å². The van der Waals surface area contributed by atoms with Gasteiger partial charge < -0.3 is 14.5 Å². The van der Waals surface area contributed by atoms with E-state index in [0.717, 1.165) is 13.1 Å². The van der Waals surface area contributed by atoms with E-state index in [9.17, 15) is 17.6 Å². The molecule has 1 fully saturated rings. The van der Waals surface area contributed by atoms with E-state index in [0.29, 0.717) is 24.4 Å². The van der Waals surface area contributed by atoms with Crippen molar-refractivity contribution in [3.8, 4) is 5.75 Å². The number of hydrogen-bond acceptors (Lipinski definition) is 4. The Hall–Kier alpha value is -1.77. The van der Waals surface area contributed by atoms with Gasteiger partial charge in [0, 0.05) is 31.7 Å². The molecule has 4 nitrogen and oxygen atoms in total. The van der Waals surface area contributed by atoms with Gasteiger partial charge in [-0.2, -0.15) is 17.6 Å². The van der Waals surface area contributed by atoms with Crippen LogP contribution in [0.3, 0.4) is 0 Å². The Morgan fingerprint density at radius 2 is 1.77 bits per heavy atom. The number of rotatable bonds is 6. The Morgan fingerprint density at radius 3 is 2.38 bits per heavy atom. The number of furan rings is 1. The van der Waals surface area contributed by atoms with Crippen molar-refractivity contribution in [2.24, 2.45) is 0 Å². The van der Waals surface area contributed by atoms with E-state index in [2.05, 4.69) is 10.1 Å². The number of nitrogens with one attached hydrogen (secondary N) is 1. The molecule has 0 bridgehead atoms. The summed E-state index contributed by atoms with van der Waals surface area (Å²) >= 11 is 0. The van der Waals surface area contributed by atoms with Gasteiger partial charge in [-0.15, -0.1) is 12.4 Å². The number of piperazine rings is 1. The fourth-order valence-electron chi connectivity index (χ4n) is 2.91. The van der Waals surface area contributed by atoms with E-state index >= 15 is 0 Å². The standard InChI is InChI=1S/C17H18F4N2O2.ClH/c18-16(19)17(20,21)25-13-5-2-1-4-12(13)15(14-6-3-11-24-14)23-9-7-22-8-10-23;/h1-6,11,15-16,22H,7-10H2;1H/t15-;/m0./s1. The summed E-state index contributed by atoms with van der Waals surface area (Å²) in [6.07, 6.45) is -6.99. The Balaban J connectivity index is 0.00000243. The average molecular weight is 395 g/mol. The topological polar surface area (TPSA) is 37.6 Å². The van der Waals surface area contributed by atoms with E-state index in [1.165, 1.54) is 18.4 Å². The number of alkyl halides is 4. The van der Waals surface area contributed by atoms with E-state index in [4.69, 9.17) is 4.42 Å². The molecule has 1 aromatic carbocycles. The quantitative estimate of drug-likeness (QED) is 0.753. The molecule has 1 aliphatic heterocycles. The highest BCUT2D eigenvalue weighted by atomic mass is 35.5. The summed E-state index contributed by atoms with van der Waals surface area (Å²) in [5, 5.41) is 3.21. The largest absolute Gasteiger partial charge is 0.467 e. The Morgan fingerprint density at radius 1 is 1.08 bits per heavy atom. The van der Waals surface area contributed by atoms with Gasteiger partial charge in [0.2, 0.25) is 0 Å². The van der Waals surface area contributed by atoms with Crippen LogP contribution in [0, 0.1) is 0 Å². The van der Waals surface area contributed by atoms with Crippen LogP contribution in [-0.2, 0) is 0 Å². The van der Waals surface area contributed by atoms with Crippen LogP contribution < -0.4 is 10.1 Å². The van der Waals surface area contributed by atoms with E-state index in [1.807, 2.05) is 4.90 Å². The lowest BCUT2D eigenvalue weighted by molar-refractivity contribution is -0.253. The van der Waals surface area contributed by atoms with Crippen molar-refractivity contribution in [2.45, 2.75) is 18.6 Å². The molecule has 2 heterocycles. The van der Waals surface area contributed by atoms with Gasteiger partial charge in [-0.05, 0) is 18.2 Å². The lowest BCUT2D eigenvalue weighted by Crippen LogP contribution is -2.45. The molecule has 1 atom stereocenters. The molecular formula is C17H19ClF4N2O2. The second-order valence-electron chi connectivity index (χ2n) is 5.71. The highest BCUT2D eigenvalue weighted by Crippen LogP contribution is 2.38. The molecular weight excluding hydrogens is 376 g/mol. The van der Waals surface area contributed by atoms with Crippen LogP contribution in [-0.4, -0.2) is 43.6 Å². The van der Waals surface area contributed by atoms with Crippen LogP contribution in [0.4, 0.5) is 17.6 Å². The summed E-state index contributed by atoms with van der Waals surface area (Å²) in [7, 11) is 0. The molecule has 1 saturated heterocycles. The van der Waals surface area contributed by atoms with Gasteiger partial charge in [0.1, 0.15) is 11.5 Å². The first kappa shape index (κ1) is 20.5. The highest BCUT2D eigenvalue weighted by molar-refractivity contribution is 5.85. The van der Waals surface area contributed by atoms with E-state index in [1.54, 1.807) is 24.3 Å². The van der Waals surface area contributed by atoms with Crippen molar-refractivity contribution in [3.63, 3.8) is 0 Å². The van der Waals surface area contributed by atoms with Crippen LogP contribution in [0.15, 0.2) is 47.1 Å². The summed E-state index contributed by atoms with van der Waals surface area (Å²) in [5.74, 6) is 0.256. The lowest BCUT2D eigenvalue weighted by atomic mass is 10.0. The number of nitrogens with zero attached hydrogens (tertiary/aromatic N) is 1. The van der Waals surface area contributed by atoms with Gasteiger partial charge in [0.25, 0.3) is 0 Å². The SMILES string of the molecule is Cl.FC(F)C(F)(F)Oc1ccccc1[C@@H](c1ccco1)N1CCNCC1. The smallest absolute Gasteiger partial charge is 0.461 e. The molecule has 1 N–H and O–H groups in total. The third-order valence-electron chi connectivity index (χ3n) is 4.04. The normalized spacial score (nSPS) is 17.0. The van der Waals surface area contributed by atoms with E-state index in [-0.39, 0.29) is 18.2 Å². The third kappa shape index (κ3) is 4.49. The summed E-state index contributed by atoms with van der Waals surface area (Å²) in [5.41, 5.74) is 0.361. The molecule has 26 heavy (non-hydrogen) atoms. The predicted octanol–water partition coefficient (Wildman–Crippen LogP) is 3.93. The molecule has 144 valence electrons. The van der Waals surface area contributed by atoms with Crippen molar-refractivity contribution in [3.05, 3.63) is 54.0 Å². The number of benzene rings is 1. The monoisotopic (exact) mass is 394 g/mol. The third-order valence-corrected chi connectivity index (χ3v) is 4.04. The second kappa shape index (κ2) is 8.75. The van der Waals surface area contributed by atoms with Gasteiger partial charge in [-0.1, -0.05) is 18.2 Å². The predicted molar refractivity (Wildman–Crippen MR) is 90.3 cm³/mol. The minimum atomic E-state index is -4.56. The summed E-state index contributed by atoms with van der Waals surface area (Å²) in [4.78, 5) is 2.04. The number of hydrogen-bond donors (Lipinski definition) is 1. The summed E-state index contributed by atoms with van der Waals surface area (Å²) in [6, 6.07) is 8.91. The molecule has 1 aromatic heterocycles. The van der Waals surface area contributed by atoms with Gasteiger partial charge in [0.05, 0.1) is 12.3 Å². The minimum absolute atomic E-state index is 0. The first-order valence-corrected chi connectivity index (χ1v) is 7.91. The Bertz CT molecular complexity index is 679. The molecule has 1 aliphatic rings. The first-order chi connectivity index (χ1) is 12.0. The average Bonchev–Trinajstić information content (AvgIpc) is 3.11. The number of ether oxygens (including phenoxy) is 1. The van der Waals surface area contributed by atoms with Gasteiger partial charge in [-0.25, -0.2) is 0 Å². The molecule has 0 radical (unpaired) electrons. The van der Waals surface area contributed by atoms with Gasteiger partial charge >= 0.3 is 12.5 Å². The van der Waals surface area contributed by atoms with Crippen molar-refractivity contribution in [1.29, 1.82) is 0 Å². The fraction of sp³-hybridized carbons (Fsp3) is 0.412. The first-order valence-electron chi connectivity index (χ1n) is 7.91. The van der Waals surface area contributed by atoms with E-state index < -0.39 is 18.6 Å². The second-order valence-corrected chi connectivity index (χ2v) is 5.71. The van der Waals surface area contributed by atoms with Crippen LogP contribution in [0.2, 0.25) is 0 Å². The minimum Gasteiger partial charge on any atom is -0.467 e. The molecule has 9 heteroatoms. The molecule has 0 unspecified atom stereocenters. The summed E-state index contributed by atoms with van der Waals surface area (Å²) in [6.45, 7) is 2.77. The summed E-state index contributed by atoms with van der Waals surface area (Å²) < 4.78 is 61.9. The van der Waals surface area contributed by atoms with Crippen molar-refractivity contribution in [1.82, 2.24) is 10.2 Å². The van der Waals surface area contributed by atoms with Crippen molar-refractivity contribution < 1.29 is 26.7 Å². The molecule has 3 rings (SSSR count). The Kier molecular flexibility index (Phi) is 6.91. The molecule has 0 amide bonds. The lowest BCUT2D eigenvalue weighted by Gasteiger charge is -2.35. The maximum atomic E-state index is 13.4. The molecule has 0 aliphatic carbocycles. The number of halogens is 5. The van der Waals surface area contributed by atoms with Crippen LogP contribution in [0.1, 0.15) is 17.4 Å². The maximum absolute atomic E-state index is 13.4. The highest BCUT2D eigenvalue weighted by Gasteiger charge is 2.45.